The Hall–Kier alpha value is -1.72. The molecule has 2 aromatic rings. The average molecular weight is 347 g/mol. The van der Waals surface area contributed by atoms with E-state index in [9.17, 15) is 9.90 Å². The molecule has 1 aliphatic carbocycles. The number of carbonyl (C=O) groups excluding carboxylic acids is 1. The van der Waals surface area contributed by atoms with Crippen LogP contribution in [0, 0.1) is 6.92 Å². The molecule has 0 fully saturated rings. The van der Waals surface area contributed by atoms with E-state index in [-0.39, 0.29) is 11.9 Å². The minimum Gasteiger partial charge on any atom is -0.390 e. The fourth-order valence-electron chi connectivity index (χ4n) is 2.66. The standard InChI is InChI=1S/C16H15BrN2O2/c1-9-6-7-12(15(17)18-9)16(21)19-14-11-5-3-2-4-10(11)8-13(14)20/h2-7,13-14,20H,8H2,1H3,(H,19,21)/t13-,14+/m0/s1. The fraction of sp³-hybridized carbons (Fsp3) is 0.250. The molecule has 2 N–H and O–H groups in total. The van der Waals surface area contributed by atoms with Crippen molar-refractivity contribution in [3.8, 4) is 0 Å². The SMILES string of the molecule is Cc1ccc(C(=O)N[C@@H]2c3ccccc3C[C@@H]2O)c(Br)n1. The van der Waals surface area contributed by atoms with Gasteiger partial charge in [0.25, 0.3) is 5.91 Å². The van der Waals surface area contributed by atoms with Crippen LogP contribution in [0.25, 0.3) is 0 Å². The summed E-state index contributed by atoms with van der Waals surface area (Å²) in [6.07, 6.45) is -0.0300. The molecule has 3 rings (SSSR count). The fourth-order valence-corrected chi connectivity index (χ4v) is 3.25. The van der Waals surface area contributed by atoms with E-state index < -0.39 is 6.10 Å². The molecule has 2 atom stereocenters. The molecule has 1 amide bonds. The van der Waals surface area contributed by atoms with Crippen molar-refractivity contribution >= 4 is 21.8 Å². The molecule has 1 aromatic heterocycles. The van der Waals surface area contributed by atoms with Gasteiger partial charge in [-0.3, -0.25) is 4.79 Å². The number of nitrogens with zero attached hydrogens (tertiary/aromatic N) is 1. The van der Waals surface area contributed by atoms with Crippen LogP contribution in [0.3, 0.4) is 0 Å². The number of rotatable bonds is 2. The van der Waals surface area contributed by atoms with E-state index in [0.717, 1.165) is 16.8 Å². The monoisotopic (exact) mass is 346 g/mol. The number of fused-ring (bicyclic) bond motifs is 1. The molecule has 21 heavy (non-hydrogen) atoms. The number of carbonyl (C=O) groups is 1. The number of nitrogens with one attached hydrogen (secondary N) is 1. The molecule has 4 nitrogen and oxygen atoms in total. The van der Waals surface area contributed by atoms with Crippen molar-refractivity contribution in [3.05, 3.63) is 63.4 Å². The van der Waals surface area contributed by atoms with Gasteiger partial charge in [0.2, 0.25) is 0 Å². The number of amides is 1. The number of aryl methyl sites for hydroxylation is 1. The van der Waals surface area contributed by atoms with Crippen molar-refractivity contribution < 1.29 is 9.90 Å². The third-order valence-electron chi connectivity index (χ3n) is 3.72. The topological polar surface area (TPSA) is 62.2 Å². The number of hydrogen-bond acceptors (Lipinski definition) is 3. The zero-order chi connectivity index (χ0) is 15.0. The Kier molecular flexibility index (Phi) is 3.78. The van der Waals surface area contributed by atoms with E-state index in [1.807, 2.05) is 31.2 Å². The van der Waals surface area contributed by atoms with Gasteiger partial charge in [0.1, 0.15) is 4.60 Å². The highest BCUT2D eigenvalue weighted by Crippen LogP contribution is 2.31. The Morgan fingerprint density at radius 3 is 2.86 bits per heavy atom. The molecule has 0 saturated heterocycles. The second kappa shape index (κ2) is 5.58. The highest BCUT2D eigenvalue weighted by atomic mass is 79.9. The Morgan fingerprint density at radius 2 is 2.10 bits per heavy atom. The first kappa shape index (κ1) is 14.2. The minimum absolute atomic E-state index is 0.241. The van der Waals surface area contributed by atoms with Gasteiger partial charge in [0.05, 0.1) is 17.7 Å². The largest absolute Gasteiger partial charge is 0.390 e. The van der Waals surface area contributed by atoms with Gasteiger partial charge in [-0.1, -0.05) is 24.3 Å². The van der Waals surface area contributed by atoms with E-state index >= 15 is 0 Å². The highest BCUT2D eigenvalue weighted by Gasteiger charge is 2.32. The summed E-state index contributed by atoms with van der Waals surface area (Å²) >= 11 is 3.31. The molecule has 0 radical (unpaired) electrons. The number of hydrogen-bond donors (Lipinski definition) is 2. The predicted octanol–water partition coefficient (Wildman–Crippen LogP) is 2.54. The second-order valence-electron chi connectivity index (χ2n) is 5.21. The summed E-state index contributed by atoms with van der Waals surface area (Å²) in [5.74, 6) is -0.241. The average Bonchev–Trinajstić information content (AvgIpc) is 2.75. The smallest absolute Gasteiger partial charge is 0.254 e. The zero-order valence-corrected chi connectivity index (χ0v) is 13.1. The second-order valence-corrected chi connectivity index (χ2v) is 5.96. The third-order valence-corrected chi connectivity index (χ3v) is 4.33. The van der Waals surface area contributed by atoms with Gasteiger partial charge in [-0.2, -0.15) is 0 Å². The van der Waals surface area contributed by atoms with Crippen LogP contribution in [-0.2, 0) is 6.42 Å². The minimum atomic E-state index is -0.594. The number of aliphatic hydroxyl groups is 1. The first-order valence-corrected chi connectivity index (χ1v) is 7.55. The van der Waals surface area contributed by atoms with Crippen LogP contribution in [0.2, 0.25) is 0 Å². The number of aromatic nitrogens is 1. The molecule has 5 heteroatoms. The van der Waals surface area contributed by atoms with E-state index in [0.29, 0.717) is 16.6 Å². The van der Waals surface area contributed by atoms with Gasteiger partial charge < -0.3 is 10.4 Å². The Morgan fingerprint density at radius 1 is 1.33 bits per heavy atom. The molecule has 0 spiro atoms. The first-order valence-electron chi connectivity index (χ1n) is 6.76. The van der Waals surface area contributed by atoms with Gasteiger partial charge in [-0.15, -0.1) is 0 Å². The molecule has 1 heterocycles. The maximum absolute atomic E-state index is 12.4. The van der Waals surface area contributed by atoms with Crippen LogP contribution in [0.15, 0.2) is 41.0 Å². The summed E-state index contributed by atoms with van der Waals surface area (Å²) in [5, 5.41) is 13.1. The van der Waals surface area contributed by atoms with Gasteiger partial charge in [-0.05, 0) is 46.1 Å². The van der Waals surface area contributed by atoms with Gasteiger partial charge in [-0.25, -0.2) is 4.98 Å². The van der Waals surface area contributed by atoms with Crippen molar-refractivity contribution in [2.75, 3.05) is 0 Å². The number of aliphatic hydroxyl groups excluding tert-OH is 1. The summed E-state index contributed by atoms with van der Waals surface area (Å²) in [4.78, 5) is 16.6. The van der Waals surface area contributed by atoms with Crippen molar-refractivity contribution in [2.45, 2.75) is 25.5 Å². The van der Waals surface area contributed by atoms with Crippen LogP contribution in [0.5, 0.6) is 0 Å². The maximum atomic E-state index is 12.4. The Bertz CT molecular complexity index is 702. The molecule has 0 unspecified atom stereocenters. The summed E-state index contributed by atoms with van der Waals surface area (Å²) in [5.41, 5.74) is 3.37. The van der Waals surface area contributed by atoms with Crippen molar-refractivity contribution in [2.24, 2.45) is 0 Å². The Balaban J connectivity index is 1.85. The zero-order valence-electron chi connectivity index (χ0n) is 11.5. The molecule has 0 bridgehead atoms. The van der Waals surface area contributed by atoms with Crippen molar-refractivity contribution in [3.63, 3.8) is 0 Å². The lowest BCUT2D eigenvalue weighted by atomic mass is 10.1. The summed E-state index contributed by atoms with van der Waals surface area (Å²) < 4.78 is 0.515. The first-order chi connectivity index (χ1) is 10.1. The molecule has 1 aliphatic rings. The van der Waals surface area contributed by atoms with Crippen LogP contribution >= 0.6 is 15.9 Å². The van der Waals surface area contributed by atoms with Crippen LogP contribution in [0.1, 0.15) is 33.2 Å². The highest BCUT2D eigenvalue weighted by molar-refractivity contribution is 9.10. The van der Waals surface area contributed by atoms with E-state index in [4.69, 9.17) is 0 Å². The summed E-state index contributed by atoms with van der Waals surface area (Å²) in [6.45, 7) is 1.86. The van der Waals surface area contributed by atoms with E-state index in [2.05, 4.69) is 26.2 Å². The molecular formula is C16H15BrN2O2. The lowest BCUT2D eigenvalue weighted by Crippen LogP contribution is -2.34. The van der Waals surface area contributed by atoms with E-state index in [1.165, 1.54) is 0 Å². The number of benzene rings is 1. The third kappa shape index (κ3) is 2.71. The number of halogens is 1. The Labute approximate surface area is 131 Å². The van der Waals surface area contributed by atoms with Crippen LogP contribution in [-0.4, -0.2) is 22.1 Å². The van der Waals surface area contributed by atoms with Crippen molar-refractivity contribution in [1.82, 2.24) is 10.3 Å². The normalized spacial score (nSPS) is 20.1. The van der Waals surface area contributed by atoms with E-state index in [1.54, 1.807) is 12.1 Å². The molecule has 1 aromatic carbocycles. The number of pyridine rings is 1. The molecule has 108 valence electrons. The summed E-state index contributed by atoms with van der Waals surface area (Å²) in [7, 11) is 0. The van der Waals surface area contributed by atoms with Gasteiger partial charge >= 0.3 is 0 Å². The maximum Gasteiger partial charge on any atom is 0.254 e. The molecule has 0 aliphatic heterocycles. The molecule has 0 saturated carbocycles. The lowest BCUT2D eigenvalue weighted by Gasteiger charge is -2.18. The van der Waals surface area contributed by atoms with Crippen LogP contribution < -0.4 is 5.32 Å². The van der Waals surface area contributed by atoms with Gasteiger partial charge in [0, 0.05) is 12.1 Å². The lowest BCUT2D eigenvalue weighted by molar-refractivity contribution is 0.0857. The van der Waals surface area contributed by atoms with Gasteiger partial charge in [0.15, 0.2) is 0 Å². The quantitative estimate of drug-likeness (QED) is 0.821. The van der Waals surface area contributed by atoms with Crippen molar-refractivity contribution in [1.29, 1.82) is 0 Å². The molecular weight excluding hydrogens is 332 g/mol. The summed E-state index contributed by atoms with van der Waals surface area (Å²) in [6, 6.07) is 10.9. The van der Waals surface area contributed by atoms with Crippen LogP contribution in [0.4, 0.5) is 0 Å². The predicted molar refractivity (Wildman–Crippen MR) is 83.0 cm³/mol.